The maximum absolute atomic E-state index is 13.6. The minimum Gasteiger partial charge on any atom is -0.497 e. The Morgan fingerprint density at radius 2 is 2.03 bits per heavy atom. The van der Waals surface area contributed by atoms with Gasteiger partial charge in [-0.25, -0.2) is 9.79 Å². The maximum Gasteiger partial charge on any atom is 0.338 e. The lowest BCUT2D eigenvalue weighted by atomic mass is 9.95. The quantitative estimate of drug-likeness (QED) is 0.392. The SMILES string of the molecule is CCOC(=O)C1=C(C)N=c2s/c(=C/c3cc(Br)c(Br)o3)c(=O)n2[C@H]1c1ccc(OC)cc1OC. The van der Waals surface area contributed by atoms with Crippen molar-refractivity contribution in [3.63, 3.8) is 0 Å². The number of rotatable bonds is 6. The Bertz CT molecular complexity index is 1460. The summed E-state index contributed by atoms with van der Waals surface area (Å²) < 4.78 is 25.0. The van der Waals surface area contributed by atoms with Gasteiger partial charge in [-0.3, -0.25) is 9.36 Å². The second-order valence-electron chi connectivity index (χ2n) is 7.18. The number of carbonyl (C=O) groups excluding carboxylic acids is 1. The molecule has 1 aliphatic heterocycles. The van der Waals surface area contributed by atoms with Crippen molar-refractivity contribution >= 4 is 55.2 Å². The Morgan fingerprint density at radius 3 is 2.65 bits per heavy atom. The third-order valence-corrected chi connectivity index (χ3v) is 7.88. The van der Waals surface area contributed by atoms with E-state index in [0.717, 1.165) is 4.47 Å². The summed E-state index contributed by atoms with van der Waals surface area (Å²) in [5.41, 5.74) is 1.03. The van der Waals surface area contributed by atoms with Crippen LogP contribution >= 0.6 is 43.2 Å². The number of hydrogen-bond donors (Lipinski definition) is 0. The first-order chi connectivity index (χ1) is 16.3. The molecule has 1 aliphatic rings. The molecule has 1 atom stereocenters. The second-order valence-corrected chi connectivity index (χ2v) is 9.76. The average molecular weight is 612 g/mol. The lowest BCUT2D eigenvalue weighted by molar-refractivity contribution is -0.139. The highest BCUT2D eigenvalue weighted by Crippen LogP contribution is 2.37. The van der Waals surface area contributed by atoms with E-state index in [-0.39, 0.29) is 17.7 Å². The summed E-state index contributed by atoms with van der Waals surface area (Å²) in [4.78, 5) is 31.7. The van der Waals surface area contributed by atoms with Crippen LogP contribution in [0.25, 0.3) is 6.08 Å². The number of thiazole rings is 1. The van der Waals surface area contributed by atoms with Crippen LogP contribution in [0.5, 0.6) is 11.5 Å². The van der Waals surface area contributed by atoms with E-state index in [1.54, 1.807) is 51.3 Å². The number of fused-ring (bicyclic) bond motifs is 1. The van der Waals surface area contributed by atoms with Crippen molar-refractivity contribution in [3.05, 3.63) is 75.7 Å². The van der Waals surface area contributed by atoms with Crippen LogP contribution in [-0.2, 0) is 9.53 Å². The second kappa shape index (κ2) is 9.93. The van der Waals surface area contributed by atoms with Crippen LogP contribution in [0.3, 0.4) is 0 Å². The van der Waals surface area contributed by atoms with Crippen molar-refractivity contribution in [1.29, 1.82) is 0 Å². The molecule has 3 heterocycles. The van der Waals surface area contributed by atoms with Crippen molar-refractivity contribution in [2.24, 2.45) is 4.99 Å². The van der Waals surface area contributed by atoms with Crippen molar-refractivity contribution in [1.82, 2.24) is 4.57 Å². The molecule has 34 heavy (non-hydrogen) atoms. The molecule has 0 N–H and O–H groups in total. The molecule has 178 valence electrons. The fourth-order valence-electron chi connectivity index (χ4n) is 3.69. The number of methoxy groups -OCH3 is 2. The van der Waals surface area contributed by atoms with Crippen molar-refractivity contribution in [2.75, 3.05) is 20.8 Å². The Hall–Kier alpha value is -2.63. The Kier molecular flexibility index (Phi) is 7.15. The minimum absolute atomic E-state index is 0.189. The largest absolute Gasteiger partial charge is 0.497 e. The zero-order valence-corrected chi connectivity index (χ0v) is 22.7. The Morgan fingerprint density at radius 1 is 1.26 bits per heavy atom. The predicted molar refractivity (Wildman–Crippen MR) is 134 cm³/mol. The highest BCUT2D eigenvalue weighted by atomic mass is 79.9. The average Bonchev–Trinajstić information content (AvgIpc) is 3.29. The number of hydrogen-bond acceptors (Lipinski definition) is 8. The summed E-state index contributed by atoms with van der Waals surface area (Å²) in [6, 6.07) is 6.19. The van der Waals surface area contributed by atoms with Crippen LogP contribution in [-0.4, -0.2) is 31.4 Å². The molecule has 0 saturated carbocycles. The minimum atomic E-state index is -0.798. The highest BCUT2D eigenvalue weighted by molar-refractivity contribution is 9.13. The molecule has 8 nitrogen and oxygen atoms in total. The van der Waals surface area contributed by atoms with Crippen molar-refractivity contribution < 1.29 is 23.4 Å². The maximum atomic E-state index is 13.6. The van der Waals surface area contributed by atoms with E-state index in [9.17, 15) is 9.59 Å². The molecule has 0 aliphatic carbocycles. The van der Waals surface area contributed by atoms with Gasteiger partial charge in [0.2, 0.25) is 0 Å². The lowest BCUT2D eigenvalue weighted by Crippen LogP contribution is -2.40. The van der Waals surface area contributed by atoms with Crippen LogP contribution in [0.4, 0.5) is 0 Å². The first-order valence-electron chi connectivity index (χ1n) is 10.2. The molecule has 0 radical (unpaired) electrons. The zero-order valence-electron chi connectivity index (χ0n) is 18.7. The molecular formula is C23H20Br2N2O6S. The van der Waals surface area contributed by atoms with Gasteiger partial charge in [0.25, 0.3) is 5.56 Å². The molecule has 0 amide bonds. The summed E-state index contributed by atoms with van der Waals surface area (Å²) >= 11 is 7.89. The molecule has 3 aromatic rings. The summed E-state index contributed by atoms with van der Waals surface area (Å²) in [7, 11) is 3.08. The number of allylic oxidation sites excluding steroid dienone is 1. The molecule has 0 bridgehead atoms. The van der Waals surface area contributed by atoms with E-state index in [0.29, 0.717) is 42.5 Å². The number of carbonyl (C=O) groups is 1. The number of benzene rings is 1. The first kappa shape index (κ1) is 24.5. The Labute approximate surface area is 215 Å². The van der Waals surface area contributed by atoms with E-state index < -0.39 is 12.0 Å². The van der Waals surface area contributed by atoms with E-state index in [1.165, 1.54) is 23.0 Å². The smallest absolute Gasteiger partial charge is 0.338 e. The number of aromatic nitrogens is 1. The molecule has 0 saturated heterocycles. The van der Waals surface area contributed by atoms with Gasteiger partial charge in [0.05, 0.1) is 41.1 Å². The number of nitrogens with zero attached hydrogens (tertiary/aromatic N) is 2. The van der Waals surface area contributed by atoms with E-state index in [2.05, 4.69) is 36.9 Å². The lowest BCUT2D eigenvalue weighted by Gasteiger charge is -2.26. The highest BCUT2D eigenvalue weighted by Gasteiger charge is 2.35. The summed E-state index contributed by atoms with van der Waals surface area (Å²) in [5, 5.41) is 0. The number of ether oxygens (including phenoxy) is 3. The summed E-state index contributed by atoms with van der Waals surface area (Å²) in [5.74, 6) is 0.999. The monoisotopic (exact) mass is 610 g/mol. The van der Waals surface area contributed by atoms with E-state index >= 15 is 0 Å². The van der Waals surface area contributed by atoms with Gasteiger partial charge in [0.1, 0.15) is 23.3 Å². The molecule has 4 rings (SSSR count). The number of halogens is 2. The van der Waals surface area contributed by atoms with Crippen LogP contribution in [0.1, 0.15) is 31.2 Å². The third kappa shape index (κ3) is 4.39. The predicted octanol–water partition coefficient (Wildman–Crippen LogP) is 3.93. The van der Waals surface area contributed by atoms with Gasteiger partial charge in [-0.2, -0.15) is 0 Å². The van der Waals surface area contributed by atoms with Gasteiger partial charge in [-0.1, -0.05) is 11.3 Å². The van der Waals surface area contributed by atoms with Crippen molar-refractivity contribution in [3.8, 4) is 11.5 Å². The third-order valence-electron chi connectivity index (χ3n) is 5.19. The van der Waals surface area contributed by atoms with Crippen LogP contribution < -0.4 is 24.4 Å². The first-order valence-corrected chi connectivity index (χ1v) is 12.6. The molecule has 0 spiro atoms. The number of esters is 1. The molecular weight excluding hydrogens is 592 g/mol. The van der Waals surface area contributed by atoms with Crippen LogP contribution in [0.15, 0.2) is 58.9 Å². The Balaban J connectivity index is 2.00. The van der Waals surface area contributed by atoms with Gasteiger partial charge in [0.15, 0.2) is 9.47 Å². The molecule has 0 unspecified atom stereocenters. The topological polar surface area (TPSA) is 92.3 Å². The van der Waals surface area contributed by atoms with Gasteiger partial charge < -0.3 is 18.6 Å². The van der Waals surface area contributed by atoms with Gasteiger partial charge in [-0.05, 0) is 63.9 Å². The van der Waals surface area contributed by atoms with Gasteiger partial charge in [0, 0.05) is 17.7 Å². The van der Waals surface area contributed by atoms with Crippen LogP contribution in [0, 0.1) is 0 Å². The van der Waals surface area contributed by atoms with E-state index in [4.69, 9.17) is 18.6 Å². The standard InChI is InChI=1S/C23H20Br2N2O6S/c1-5-32-22(29)18-11(2)26-23-27(19(18)14-7-6-12(30-3)9-16(14)31-4)21(28)17(34-23)10-13-8-15(24)20(25)33-13/h6-10,19H,5H2,1-4H3/b17-10+/t19-/m0/s1. The fraction of sp³-hybridized carbons (Fsp3) is 0.261. The molecule has 2 aromatic heterocycles. The number of furan rings is 1. The van der Waals surface area contributed by atoms with Crippen LogP contribution in [0.2, 0.25) is 0 Å². The fourth-order valence-corrected chi connectivity index (χ4v) is 5.33. The van der Waals surface area contributed by atoms with E-state index in [1.807, 2.05) is 0 Å². The molecule has 11 heteroatoms. The zero-order chi connectivity index (χ0) is 24.6. The van der Waals surface area contributed by atoms with Gasteiger partial charge >= 0.3 is 5.97 Å². The molecule has 0 fully saturated rings. The van der Waals surface area contributed by atoms with Crippen molar-refractivity contribution in [2.45, 2.75) is 19.9 Å². The van der Waals surface area contributed by atoms with Gasteiger partial charge in [-0.15, -0.1) is 0 Å². The summed E-state index contributed by atoms with van der Waals surface area (Å²) in [6.45, 7) is 3.65. The summed E-state index contributed by atoms with van der Waals surface area (Å²) in [6.07, 6.45) is 1.64. The molecule has 1 aromatic carbocycles. The normalized spacial score (nSPS) is 15.7.